The van der Waals surface area contributed by atoms with Crippen LogP contribution in [0.4, 0.5) is 5.82 Å². The normalized spacial score (nSPS) is 16.3. The van der Waals surface area contributed by atoms with Crippen molar-refractivity contribution in [2.24, 2.45) is 5.14 Å². The second kappa shape index (κ2) is 3.35. The van der Waals surface area contributed by atoms with E-state index in [1.807, 2.05) is 0 Å². The van der Waals surface area contributed by atoms with Gasteiger partial charge in [0.25, 0.3) is 0 Å². The van der Waals surface area contributed by atoms with Crippen molar-refractivity contribution in [2.75, 3.05) is 5.73 Å². The van der Waals surface area contributed by atoms with Crippen LogP contribution in [-0.4, -0.2) is 19.5 Å². The number of anilines is 1. The van der Waals surface area contributed by atoms with Gasteiger partial charge in [0.2, 0.25) is 10.0 Å². The standard InChI is InChI=1S/C8H11N3O3S/c9-8-7(15(10,12)13)3-6(4-11-8)14-5-1-2-5/h3-5H,1-2H2,(H2,9,11)(H2,10,12,13). The molecule has 1 aliphatic carbocycles. The molecule has 0 spiro atoms. The van der Waals surface area contributed by atoms with Gasteiger partial charge in [-0.15, -0.1) is 0 Å². The monoisotopic (exact) mass is 229 g/mol. The van der Waals surface area contributed by atoms with Crippen molar-refractivity contribution in [2.45, 2.75) is 23.8 Å². The van der Waals surface area contributed by atoms with Crippen LogP contribution in [0, 0.1) is 0 Å². The predicted octanol–water partition coefficient (Wildman–Crippen LogP) is -0.148. The lowest BCUT2D eigenvalue weighted by atomic mass is 10.4. The first-order valence-electron chi connectivity index (χ1n) is 4.42. The molecule has 0 amide bonds. The maximum atomic E-state index is 11.1. The average Bonchev–Trinajstić information content (AvgIpc) is 2.90. The van der Waals surface area contributed by atoms with Crippen LogP contribution >= 0.6 is 0 Å². The van der Waals surface area contributed by atoms with Crippen LogP contribution < -0.4 is 15.6 Å². The molecule has 1 aromatic heterocycles. The fraction of sp³-hybridized carbons (Fsp3) is 0.375. The lowest BCUT2D eigenvalue weighted by Gasteiger charge is -2.06. The second-order valence-corrected chi connectivity index (χ2v) is 4.95. The van der Waals surface area contributed by atoms with Crippen molar-refractivity contribution in [3.63, 3.8) is 0 Å². The third-order valence-electron chi connectivity index (χ3n) is 1.99. The molecule has 1 aliphatic rings. The third-order valence-corrected chi connectivity index (χ3v) is 2.93. The molecule has 82 valence electrons. The average molecular weight is 229 g/mol. The Balaban J connectivity index is 2.35. The van der Waals surface area contributed by atoms with E-state index in [2.05, 4.69) is 4.98 Å². The van der Waals surface area contributed by atoms with Crippen LogP contribution in [0.2, 0.25) is 0 Å². The topological polar surface area (TPSA) is 108 Å². The number of pyridine rings is 1. The van der Waals surface area contributed by atoms with E-state index in [1.165, 1.54) is 12.3 Å². The van der Waals surface area contributed by atoms with E-state index in [4.69, 9.17) is 15.6 Å². The highest BCUT2D eigenvalue weighted by atomic mass is 32.2. The van der Waals surface area contributed by atoms with Gasteiger partial charge in [-0.3, -0.25) is 0 Å². The molecular formula is C8H11N3O3S. The molecule has 0 saturated heterocycles. The van der Waals surface area contributed by atoms with Crippen molar-refractivity contribution in [3.8, 4) is 5.75 Å². The van der Waals surface area contributed by atoms with E-state index in [0.29, 0.717) is 5.75 Å². The number of ether oxygens (including phenoxy) is 1. The zero-order valence-electron chi connectivity index (χ0n) is 7.88. The minimum absolute atomic E-state index is 0.111. The van der Waals surface area contributed by atoms with Gasteiger partial charge >= 0.3 is 0 Å². The molecule has 1 fully saturated rings. The maximum Gasteiger partial charge on any atom is 0.241 e. The summed E-state index contributed by atoms with van der Waals surface area (Å²) in [6.07, 6.45) is 3.52. The van der Waals surface area contributed by atoms with Crippen molar-refractivity contribution in [1.82, 2.24) is 4.98 Å². The second-order valence-electron chi connectivity index (χ2n) is 3.42. The third kappa shape index (κ3) is 2.37. The molecule has 4 N–H and O–H groups in total. The summed E-state index contributed by atoms with van der Waals surface area (Å²) in [7, 11) is -3.84. The minimum atomic E-state index is -3.84. The van der Waals surface area contributed by atoms with Gasteiger partial charge in [-0.1, -0.05) is 0 Å². The number of rotatable bonds is 3. The number of sulfonamides is 1. The number of primary sulfonamides is 1. The zero-order chi connectivity index (χ0) is 11.1. The van der Waals surface area contributed by atoms with Crippen LogP contribution in [0.25, 0.3) is 0 Å². The van der Waals surface area contributed by atoms with Gasteiger partial charge in [-0.05, 0) is 12.8 Å². The molecule has 2 rings (SSSR count). The molecular weight excluding hydrogens is 218 g/mol. The Bertz CT molecular complexity index is 482. The summed E-state index contributed by atoms with van der Waals surface area (Å²) in [5.41, 5.74) is 5.40. The van der Waals surface area contributed by atoms with Crippen LogP contribution in [0.1, 0.15) is 12.8 Å². The summed E-state index contributed by atoms with van der Waals surface area (Å²) in [4.78, 5) is 3.53. The number of hydrogen-bond donors (Lipinski definition) is 2. The molecule has 7 heteroatoms. The Morgan fingerprint density at radius 1 is 1.47 bits per heavy atom. The van der Waals surface area contributed by atoms with E-state index in [9.17, 15) is 8.42 Å². The maximum absolute atomic E-state index is 11.1. The first kappa shape index (κ1) is 10.2. The summed E-state index contributed by atoms with van der Waals surface area (Å²) < 4.78 is 27.6. The summed E-state index contributed by atoms with van der Waals surface area (Å²) in [5, 5.41) is 4.97. The van der Waals surface area contributed by atoms with Crippen molar-refractivity contribution in [3.05, 3.63) is 12.3 Å². The smallest absolute Gasteiger partial charge is 0.241 e. The molecule has 1 saturated carbocycles. The number of aromatic nitrogens is 1. The molecule has 15 heavy (non-hydrogen) atoms. The summed E-state index contributed by atoms with van der Waals surface area (Å²) in [6.45, 7) is 0. The summed E-state index contributed by atoms with van der Waals surface area (Å²) >= 11 is 0. The van der Waals surface area contributed by atoms with Crippen molar-refractivity contribution >= 4 is 15.8 Å². The molecule has 0 aromatic carbocycles. The largest absolute Gasteiger partial charge is 0.489 e. The van der Waals surface area contributed by atoms with E-state index >= 15 is 0 Å². The van der Waals surface area contributed by atoms with Crippen LogP contribution in [0.3, 0.4) is 0 Å². The van der Waals surface area contributed by atoms with Crippen LogP contribution in [-0.2, 0) is 10.0 Å². The Morgan fingerprint density at radius 2 is 2.13 bits per heavy atom. The quantitative estimate of drug-likeness (QED) is 0.749. The Labute approximate surface area is 87.3 Å². The molecule has 1 aromatic rings. The fourth-order valence-electron chi connectivity index (χ4n) is 1.11. The number of nitrogens with zero attached hydrogens (tertiary/aromatic N) is 1. The Hall–Kier alpha value is -1.34. The molecule has 1 heterocycles. The summed E-state index contributed by atoms with van der Waals surface area (Å²) in [5.74, 6) is 0.274. The van der Waals surface area contributed by atoms with Gasteiger partial charge in [0.1, 0.15) is 16.5 Å². The SMILES string of the molecule is Nc1ncc(OC2CC2)cc1S(N)(=O)=O. The van der Waals surface area contributed by atoms with Crippen molar-refractivity contribution < 1.29 is 13.2 Å². The molecule has 0 bridgehead atoms. The van der Waals surface area contributed by atoms with E-state index < -0.39 is 10.0 Å². The Morgan fingerprint density at radius 3 is 2.67 bits per heavy atom. The van der Waals surface area contributed by atoms with Gasteiger partial charge in [-0.2, -0.15) is 0 Å². The molecule has 6 nitrogen and oxygen atoms in total. The zero-order valence-corrected chi connectivity index (χ0v) is 8.70. The van der Waals surface area contributed by atoms with Crippen LogP contribution in [0.5, 0.6) is 5.75 Å². The summed E-state index contributed by atoms with van der Waals surface area (Å²) in [6, 6.07) is 1.30. The van der Waals surface area contributed by atoms with Gasteiger partial charge in [0.15, 0.2) is 0 Å². The fourth-order valence-corrected chi connectivity index (χ4v) is 1.73. The van der Waals surface area contributed by atoms with Gasteiger partial charge in [0, 0.05) is 6.07 Å². The lowest BCUT2D eigenvalue weighted by molar-refractivity contribution is 0.301. The number of hydrogen-bond acceptors (Lipinski definition) is 5. The van der Waals surface area contributed by atoms with Gasteiger partial charge in [-0.25, -0.2) is 18.5 Å². The molecule has 0 unspecified atom stereocenters. The highest BCUT2D eigenvalue weighted by molar-refractivity contribution is 7.89. The highest BCUT2D eigenvalue weighted by Gasteiger charge is 2.24. The van der Waals surface area contributed by atoms with E-state index in [-0.39, 0.29) is 16.8 Å². The highest BCUT2D eigenvalue weighted by Crippen LogP contribution is 2.28. The number of nitrogen functional groups attached to an aromatic ring is 1. The lowest BCUT2D eigenvalue weighted by Crippen LogP contribution is -2.15. The van der Waals surface area contributed by atoms with Crippen LogP contribution in [0.15, 0.2) is 17.2 Å². The Kier molecular flexibility index (Phi) is 2.28. The predicted molar refractivity (Wildman–Crippen MR) is 53.7 cm³/mol. The number of nitrogens with two attached hydrogens (primary N) is 2. The van der Waals surface area contributed by atoms with E-state index in [1.54, 1.807) is 0 Å². The molecule has 0 aliphatic heterocycles. The van der Waals surface area contributed by atoms with Crippen molar-refractivity contribution in [1.29, 1.82) is 0 Å². The van der Waals surface area contributed by atoms with Gasteiger partial charge in [0.05, 0.1) is 12.3 Å². The molecule has 0 radical (unpaired) electrons. The van der Waals surface area contributed by atoms with Gasteiger partial charge < -0.3 is 10.5 Å². The van der Waals surface area contributed by atoms with E-state index in [0.717, 1.165) is 12.8 Å². The minimum Gasteiger partial charge on any atom is -0.489 e. The molecule has 0 atom stereocenters. The first-order valence-corrected chi connectivity index (χ1v) is 5.96. The first-order chi connectivity index (χ1) is 6.97.